The first kappa shape index (κ1) is 35.6. The molecule has 0 saturated heterocycles. The van der Waals surface area contributed by atoms with E-state index in [0.717, 1.165) is 27.7 Å². The maximum atomic E-state index is 13.5. The Balaban J connectivity index is 2.21. The summed E-state index contributed by atoms with van der Waals surface area (Å²) in [5.41, 5.74) is 8.34. The van der Waals surface area contributed by atoms with Crippen LogP contribution in [0.25, 0.3) is 22.0 Å². The third-order valence-electron chi connectivity index (χ3n) is 8.47. The number of carbonyl (C=O) groups excluding carboxylic acids is 2. The molecule has 1 unspecified atom stereocenters. The number of pyridine rings is 2. The highest BCUT2D eigenvalue weighted by Gasteiger charge is 2.41. The van der Waals surface area contributed by atoms with Crippen LogP contribution in [0.2, 0.25) is 16.6 Å². The van der Waals surface area contributed by atoms with Crippen LogP contribution in [-0.2, 0) is 9.53 Å². The average Bonchev–Trinajstić information content (AvgIpc) is 2.94. The molecule has 1 N–H and O–H groups in total. The molecule has 3 rings (SSSR count). The molecule has 2 aromatic heterocycles. The third kappa shape index (κ3) is 8.04. The molecular weight excluding hydrogens is 581 g/mol. The number of anilines is 1. The highest BCUT2D eigenvalue weighted by atomic mass is 28.3. The van der Waals surface area contributed by atoms with Gasteiger partial charge < -0.3 is 14.8 Å². The van der Waals surface area contributed by atoms with Crippen LogP contribution in [0.15, 0.2) is 36.4 Å². The van der Waals surface area contributed by atoms with E-state index in [1.807, 2.05) is 43.3 Å². The molecule has 3 aromatic rings. The van der Waals surface area contributed by atoms with Crippen molar-refractivity contribution >= 4 is 36.8 Å². The molecule has 1 aromatic carbocycles. The summed E-state index contributed by atoms with van der Waals surface area (Å²) in [4.78, 5) is 37.0. The Bertz CT molecular complexity index is 1590. The van der Waals surface area contributed by atoms with E-state index < -0.39 is 31.7 Å². The number of carbonyl (C=O) groups is 2. The number of ether oxygens (including phenoxy) is 2. The number of methoxy groups -OCH3 is 1. The van der Waals surface area contributed by atoms with Crippen molar-refractivity contribution < 1.29 is 19.1 Å². The van der Waals surface area contributed by atoms with Gasteiger partial charge in [-0.2, -0.15) is 0 Å². The maximum absolute atomic E-state index is 13.5. The lowest BCUT2D eigenvalue weighted by Crippen LogP contribution is -2.45. The standard InChI is InChI=1S/C36H50N4O4Si/c1-22(2)45(23(3)4,24(5)6)19-18-28-20-27(33-29-15-14-25(7)37-30(29)16-17-31(33)43-13)21-32(38-28)39-34(41)26(8)40(12)35(42)44-36(9,10)11/h14-17,20-24,26H,1-13H3,(H,38,39,41). The predicted molar refractivity (Wildman–Crippen MR) is 186 cm³/mol. The average molecular weight is 631 g/mol. The Morgan fingerprint density at radius 3 is 2.11 bits per heavy atom. The lowest BCUT2D eigenvalue weighted by molar-refractivity contribution is -0.120. The summed E-state index contributed by atoms with van der Waals surface area (Å²) in [6.45, 7) is 22.6. The topological polar surface area (TPSA) is 93.7 Å². The Morgan fingerprint density at radius 2 is 1.56 bits per heavy atom. The van der Waals surface area contributed by atoms with E-state index in [1.165, 1.54) is 4.90 Å². The number of hydrogen-bond acceptors (Lipinski definition) is 6. The van der Waals surface area contributed by atoms with Gasteiger partial charge in [-0.25, -0.2) is 9.78 Å². The second kappa shape index (κ2) is 14.0. The molecule has 242 valence electrons. The van der Waals surface area contributed by atoms with Crippen molar-refractivity contribution in [3.05, 3.63) is 47.8 Å². The zero-order chi connectivity index (χ0) is 33.9. The van der Waals surface area contributed by atoms with Crippen LogP contribution in [-0.4, -0.2) is 60.7 Å². The summed E-state index contributed by atoms with van der Waals surface area (Å²) in [5.74, 6) is 4.05. The SMILES string of the molecule is COc1ccc2nc(C)ccc2c1-c1cc(C#C[Si](C(C)C)(C(C)C)C(C)C)nc(NC(=O)C(C)N(C)C(=O)OC(C)(C)C)c1. The minimum absolute atomic E-state index is 0.330. The number of hydrogen-bond donors (Lipinski definition) is 1. The normalized spacial score (nSPS) is 12.6. The number of fused-ring (bicyclic) bond motifs is 1. The molecule has 0 bridgehead atoms. The van der Waals surface area contributed by atoms with Crippen molar-refractivity contribution in [1.82, 2.24) is 14.9 Å². The minimum atomic E-state index is -2.07. The van der Waals surface area contributed by atoms with Crippen molar-refractivity contribution in [2.24, 2.45) is 0 Å². The van der Waals surface area contributed by atoms with E-state index in [1.54, 1.807) is 41.9 Å². The molecule has 8 nitrogen and oxygen atoms in total. The first-order valence-electron chi connectivity index (χ1n) is 15.7. The fraction of sp³-hybridized carbons (Fsp3) is 0.500. The highest BCUT2D eigenvalue weighted by Crippen LogP contribution is 2.41. The summed E-state index contributed by atoms with van der Waals surface area (Å²) in [6.07, 6.45) is -0.584. The smallest absolute Gasteiger partial charge is 0.410 e. The van der Waals surface area contributed by atoms with Crippen LogP contribution < -0.4 is 10.1 Å². The third-order valence-corrected chi connectivity index (χ3v) is 14.8. The van der Waals surface area contributed by atoms with Gasteiger partial charge in [0.2, 0.25) is 5.91 Å². The molecule has 0 saturated carbocycles. The van der Waals surface area contributed by atoms with Crippen LogP contribution in [0.5, 0.6) is 5.75 Å². The number of aryl methyl sites for hydroxylation is 1. The second-order valence-electron chi connectivity index (χ2n) is 13.7. The molecule has 0 aliphatic rings. The molecule has 2 heterocycles. The molecule has 0 radical (unpaired) electrons. The summed E-state index contributed by atoms with van der Waals surface area (Å²) in [6, 6.07) is 10.8. The van der Waals surface area contributed by atoms with Crippen molar-refractivity contribution in [3.8, 4) is 28.3 Å². The number of amides is 2. The van der Waals surface area contributed by atoms with Gasteiger partial charge in [0.15, 0.2) is 0 Å². The van der Waals surface area contributed by atoms with Gasteiger partial charge in [-0.05, 0) is 87.1 Å². The van der Waals surface area contributed by atoms with Crippen molar-refractivity contribution in [2.45, 2.75) is 104 Å². The molecule has 45 heavy (non-hydrogen) atoms. The van der Waals surface area contributed by atoms with Gasteiger partial charge in [-0.3, -0.25) is 14.7 Å². The molecule has 0 spiro atoms. The van der Waals surface area contributed by atoms with Gasteiger partial charge in [-0.15, -0.1) is 5.54 Å². The molecule has 0 aliphatic heterocycles. The molecular formula is C36H50N4O4Si. The second-order valence-corrected chi connectivity index (χ2v) is 19.3. The van der Waals surface area contributed by atoms with Gasteiger partial charge in [-0.1, -0.05) is 53.5 Å². The lowest BCUT2D eigenvalue weighted by atomic mass is 9.99. The van der Waals surface area contributed by atoms with Crippen LogP contribution in [0.4, 0.5) is 10.6 Å². The van der Waals surface area contributed by atoms with Gasteiger partial charge >= 0.3 is 6.09 Å². The Kier molecular flexibility index (Phi) is 11.1. The van der Waals surface area contributed by atoms with Gasteiger partial charge in [0.1, 0.15) is 37.0 Å². The summed E-state index contributed by atoms with van der Waals surface area (Å²) < 4.78 is 11.3. The molecule has 0 aliphatic carbocycles. The van der Waals surface area contributed by atoms with E-state index in [2.05, 4.69) is 58.3 Å². The van der Waals surface area contributed by atoms with Crippen molar-refractivity contribution in [3.63, 3.8) is 0 Å². The zero-order valence-corrected chi connectivity index (χ0v) is 30.2. The van der Waals surface area contributed by atoms with E-state index in [-0.39, 0.29) is 0 Å². The van der Waals surface area contributed by atoms with E-state index in [4.69, 9.17) is 19.4 Å². The van der Waals surface area contributed by atoms with E-state index in [9.17, 15) is 9.59 Å². The largest absolute Gasteiger partial charge is 0.496 e. The van der Waals surface area contributed by atoms with E-state index in [0.29, 0.717) is 33.9 Å². The van der Waals surface area contributed by atoms with Gasteiger partial charge in [0.05, 0.1) is 12.6 Å². The van der Waals surface area contributed by atoms with Crippen LogP contribution in [0.3, 0.4) is 0 Å². The van der Waals surface area contributed by atoms with Crippen molar-refractivity contribution in [1.29, 1.82) is 0 Å². The predicted octanol–water partition coefficient (Wildman–Crippen LogP) is 8.38. The number of rotatable bonds is 8. The van der Waals surface area contributed by atoms with Crippen LogP contribution >= 0.6 is 0 Å². The summed E-state index contributed by atoms with van der Waals surface area (Å²) in [7, 11) is 1.11. The van der Waals surface area contributed by atoms with E-state index >= 15 is 0 Å². The molecule has 1 atom stereocenters. The van der Waals surface area contributed by atoms with Gasteiger partial charge in [0, 0.05) is 23.7 Å². The van der Waals surface area contributed by atoms with Crippen LogP contribution in [0, 0.1) is 18.4 Å². The minimum Gasteiger partial charge on any atom is -0.496 e. The Hall–Kier alpha value is -3.90. The Labute approximate surface area is 270 Å². The fourth-order valence-electron chi connectivity index (χ4n) is 6.06. The highest BCUT2D eigenvalue weighted by molar-refractivity contribution is 6.90. The maximum Gasteiger partial charge on any atom is 0.410 e. The Morgan fingerprint density at radius 1 is 0.933 bits per heavy atom. The quantitative estimate of drug-likeness (QED) is 0.199. The number of aromatic nitrogens is 2. The fourth-order valence-corrected chi connectivity index (χ4v) is 11.3. The summed E-state index contributed by atoms with van der Waals surface area (Å²) >= 11 is 0. The number of nitrogens with zero attached hydrogens (tertiary/aromatic N) is 3. The summed E-state index contributed by atoms with van der Waals surface area (Å²) in [5, 5.41) is 3.85. The monoisotopic (exact) mass is 630 g/mol. The first-order chi connectivity index (χ1) is 20.9. The molecule has 0 fully saturated rings. The van der Waals surface area contributed by atoms with Crippen molar-refractivity contribution in [2.75, 3.05) is 19.5 Å². The number of benzene rings is 1. The zero-order valence-electron chi connectivity index (χ0n) is 29.2. The number of likely N-dealkylation sites (N-methyl/N-ethyl adjacent to an activating group) is 1. The first-order valence-corrected chi connectivity index (χ1v) is 17.9. The molecule has 9 heteroatoms. The molecule has 2 amide bonds. The lowest BCUT2D eigenvalue weighted by Gasteiger charge is -2.38. The number of nitrogens with one attached hydrogen (secondary N) is 1. The van der Waals surface area contributed by atoms with Gasteiger partial charge in [0.25, 0.3) is 0 Å². The van der Waals surface area contributed by atoms with Crippen LogP contribution in [0.1, 0.15) is 80.6 Å².